The van der Waals surface area contributed by atoms with E-state index in [0.29, 0.717) is 24.8 Å². The molecule has 6 rings (SSSR count). The molecule has 1 unspecified atom stereocenters. The molecule has 3 saturated heterocycles. The van der Waals surface area contributed by atoms with Crippen LogP contribution in [0.5, 0.6) is 0 Å². The van der Waals surface area contributed by atoms with E-state index in [-0.39, 0.29) is 5.92 Å². The lowest BCUT2D eigenvalue weighted by molar-refractivity contribution is 0.199. The summed E-state index contributed by atoms with van der Waals surface area (Å²) in [6.07, 6.45) is 12.1. The van der Waals surface area contributed by atoms with Crippen LogP contribution in [0.25, 0.3) is 21.9 Å². The molecule has 3 aromatic rings. The third-order valence-electron chi connectivity index (χ3n) is 8.26. The second-order valence-corrected chi connectivity index (χ2v) is 12.7. The first kappa shape index (κ1) is 23.2. The van der Waals surface area contributed by atoms with Crippen molar-refractivity contribution in [1.29, 1.82) is 0 Å². The van der Waals surface area contributed by atoms with Crippen molar-refractivity contribution in [3.05, 3.63) is 30.7 Å². The number of hydrogen-bond acceptors (Lipinski definition) is 6. The van der Waals surface area contributed by atoms with Gasteiger partial charge in [-0.05, 0) is 75.6 Å². The number of H-pyrrole nitrogens is 1. The Morgan fingerprint density at radius 3 is 2.60 bits per heavy atom. The normalized spacial score (nSPS) is 23.5. The van der Waals surface area contributed by atoms with Crippen molar-refractivity contribution in [2.75, 3.05) is 56.5 Å². The van der Waals surface area contributed by atoms with Crippen LogP contribution in [0.3, 0.4) is 0 Å². The van der Waals surface area contributed by atoms with Gasteiger partial charge in [-0.1, -0.05) is 0 Å². The summed E-state index contributed by atoms with van der Waals surface area (Å²) in [5.74, 6) is 0.996. The van der Waals surface area contributed by atoms with Crippen LogP contribution in [-0.2, 0) is 10.0 Å². The molecule has 0 saturated carbocycles. The van der Waals surface area contributed by atoms with Gasteiger partial charge in [-0.25, -0.2) is 17.7 Å². The summed E-state index contributed by atoms with van der Waals surface area (Å²) in [6, 6.07) is 4.14. The van der Waals surface area contributed by atoms with Crippen LogP contribution in [0.1, 0.15) is 38.5 Å². The molecule has 3 fully saturated rings. The molecule has 0 spiro atoms. The van der Waals surface area contributed by atoms with Gasteiger partial charge in [-0.3, -0.25) is 4.98 Å². The maximum atomic E-state index is 13.4. The lowest BCUT2D eigenvalue weighted by Gasteiger charge is -2.37. The van der Waals surface area contributed by atoms with E-state index in [9.17, 15) is 8.42 Å². The summed E-state index contributed by atoms with van der Waals surface area (Å²) in [7, 11) is -3.21. The first-order chi connectivity index (χ1) is 17.1. The number of hydrogen-bond donors (Lipinski definition) is 1. The Morgan fingerprint density at radius 2 is 1.77 bits per heavy atom. The van der Waals surface area contributed by atoms with E-state index >= 15 is 0 Å². The fourth-order valence-corrected chi connectivity index (χ4v) is 8.39. The minimum atomic E-state index is -3.21. The van der Waals surface area contributed by atoms with Gasteiger partial charge in [0.05, 0.1) is 17.5 Å². The Balaban J connectivity index is 1.10. The molecule has 0 radical (unpaired) electrons. The molecule has 3 aliphatic heterocycles. The van der Waals surface area contributed by atoms with Gasteiger partial charge in [-0.15, -0.1) is 0 Å². The van der Waals surface area contributed by atoms with Crippen LogP contribution >= 0.6 is 0 Å². The minimum absolute atomic E-state index is 0.220. The fourth-order valence-electron chi connectivity index (χ4n) is 6.40. The van der Waals surface area contributed by atoms with Crippen LogP contribution in [-0.4, -0.2) is 84.1 Å². The molecule has 188 valence electrons. The van der Waals surface area contributed by atoms with Gasteiger partial charge in [0, 0.05) is 61.6 Å². The Hall–Kier alpha value is -2.23. The highest BCUT2D eigenvalue weighted by Crippen LogP contribution is 2.34. The zero-order chi connectivity index (χ0) is 23.8. The summed E-state index contributed by atoms with van der Waals surface area (Å²) >= 11 is 0. The quantitative estimate of drug-likeness (QED) is 0.563. The average Bonchev–Trinajstić information content (AvgIpc) is 3.56. The van der Waals surface area contributed by atoms with E-state index in [4.69, 9.17) is 0 Å². The number of pyridine rings is 2. The Labute approximate surface area is 207 Å². The number of anilines is 1. The fraction of sp³-hybridized carbons (Fsp3) is 0.615. The number of likely N-dealkylation sites (tertiary alicyclic amines) is 1. The zero-order valence-electron chi connectivity index (χ0n) is 20.4. The maximum absolute atomic E-state index is 13.4. The molecule has 0 aliphatic carbocycles. The van der Waals surface area contributed by atoms with Crippen LogP contribution < -0.4 is 4.90 Å². The molecule has 0 bridgehead atoms. The van der Waals surface area contributed by atoms with Gasteiger partial charge in [0.1, 0.15) is 5.65 Å². The summed E-state index contributed by atoms with van der Waals surface area (Å²) in [6.45, 7) is 6.56. The molecular formula is C26H36N6O2S. The van der Waals surface area contributed by atoms with Crippen molar-refractivity contribution in [2.45, 2.75) is 38.5 Å². The van der Waals surface area contributed by atoms with Gasteiger partial charge in [-0.2, -0.15) is 0 Å². The van der Waals surface area contributed by atoms with Gasteiger partial charge in [0.15, 0.2) is 0 Å². The highest BCUT2D eigenvalue weighted by atomic mass is 32.2. The molecule has 3 aromatic heterocycles. The Bertz CT molecular complexity index is 1280. The predicted octanol–water partition coefficient (Wildman–Crippen LogP) is 3.47. The molecule has 35 heavy (non-hydrogen) atoms. The first-order valence-corrected chi connectivity index (χ1v) is 14.8. The monoisotopic (exact) mass is 496 g/mol. The van der Waals surface area contributed by atoms with E-state index in [1.807, 2.05) is 22.9 Å². The van der Waals surface area contributed by atoms with Crippen molar-refractivity contribution in [2.24, 2.45) is 11.8 Å². The van der Waals surface area contributed by atoms with Crippen molar-refractivity contribution in [1.82, 2.24) is 24.2 Å². The van der Waals surface area contributed by atoms with Crippen LogP contribution in [0.4, 0.5) is 5.69 Å². The van der Waals surface area contributed by atoms with Crippen molar-refractivity contribution < 1.29 is 8.42 Å². The lowest BCUT2D eigenvalue weighted by Crippen LogP contribution is -2.46. The summed E-state index contributed by atoms with van der Waals surface area (Å²) in [4.78, 5) is 17.1. The molecule has 0 amide bonds. The smallest absolute Gasteiger partial charge is 0.214 e. The summed E-state index contributed by atoms with van der Waals surface area (Å²) in [5, 5.41) is 2.21. The van der Waals surface area contributed by atoms with E-state index in [0.717, 1.165) is 67.3 Å². The standard InChI is InChI=1S/C26H36N6O2S/c33-35(34,32-13-3-4-21(18-32)17-30-11-1-2-12-30)19-20-7-14-31(15-8-20)24-6-10-27-23-16-29-26-22(25(23)24)5-9-28-26/h5-6,9-10,16,20-21H,1-4,7-8,11-15,17-19H2,(H,28,29). The van der Waals surface area contributed by atoms with Crippen LogP contribution in [0, 0.1) is 11.8 Å². The number of rotatable bonds is 6. The van der Waals surface area contributed by atoms with Gasteiger partial charge in [0.2, 0.25) is 10.0 Å². The third kappa shape index (κ3) is 4.78. The molecule has 0 aromatic carbocycles. The number of aromatic amines is 1. The van der Waals surface area contributed by atoms with Gasteiger partial charge < -0.3 is 14.8 Å². The molecular weight excluding hydrogens is 460 g/mol. The molecule has 1 atom stereocenters. The molecule has 1 N–H and O–H groups in total. The van der Waals surface area contributed by atoms with E-state index in [1.54, 1.807) is 0 Å². The highest BCUT2D eigenvalue weighted by molar-refractivity contribution is 7.89. The zero-order valence-corrected chi connectivity index (χ0v) is 21.2. The van der Waals surface area contributed by atoms with Crippen LogP contribution in [0.15, 0.2) is 30.7 Å². The number of piperidine rings is 2. The van der Waals surface area contributed by atoms with Crippen LogP contribution in [0.2, 0.25) is 0 Å². The summed E-state index contributed by atoms with van der Waals surface area (Å²) < 4.78 is 28.5. The molecule has 6 heterocycles. The van der Waals surface area contributed by atoms with Crippen molar-refractivity contribution in [3.8, 4) is 0 Å². The third-order valence-corrected chi connectivity index (χ3v) is 10.3. The Kier molecular flexibility index (Phi) is 6.41. The van der Waals surface area contributed by atoms with Gasteiger partial charge in [0.25, 0.3) is 0 Å². The number of sulfonamides is 1. The van der Waals surface area contributed by atoms with Crippen molar-refractivity contribution >= 4 is 37.6 Å². The Morgan fingerprint density at radius 1 is 0.943 bits per heavy atom. The highest BCUT2D eigenvalue weighted by Gasteiger charge is 2.33. The SMILES string of the molecule is O=S(=O)(CC1CCN(c2ccnc3cnc4[nH]ccc4c23)CC1)N1CCCC(CN2CCCC2)C1. The number of aromatic nitrogens is 3. The number of fused-ring (bicyclic) bond motifs is 3. The average molecular weight is 497 g/mol. The minimum Gasteiger partial charge on any atom is -0.371 e. The maximum Gasteiger partial charge on any atom is 0.214 e. The molecule has 3 aliphatic rings. The summed E-state index contributed by atoms with van der Waals surface area (Å²) in [5.41, 5.74) is 2.94. The number of nitrogens with zero attached hydrogens (tertiary/aromatic N) is 5. The predicted molar refractivity (Wildman–Crippen MR) is 140 cm³/mol. The van der Waals surface area contributed by atoms with E-state index < -0.39 is 10.0 Å². The largest absolute Gasteiger partial charge is 0.371 e. The first-order valence-electron chi connectivity index (χ1n) is 13.2. The second kappa shape index (κ2) is 9.67. The molecule has 8 nitrogen and oxygen atoms in total. The lowest BCUT2D eigenvalue weighted by atomic mass is 9.98. The van der Waals surface area contributed by atoms with Crippen molar-refractivity contribution in [3.63, 3.8) is 0 Å². The second-order valence-electron chi connectivity index (χ2n) is 10.7. The van der Waals surface area contributed by atoms with E-state index in [2.05, 4.69) is 36.9 Å². The molecule has 9 heteroatoms. The number of nitrogens with one attached hydrogen (secondary N) is 1. The topological polar surface area (TPSA) is 85.4 Å². The van der Waals surface area contributed by atoms with E-state index in [1.165, 1.54) is 31.6 Å². The van der Waals surface area contributed by atoms with Gasteiger partial charge >= 0.3 is 0 Å².